The van der Waals surface area contributed by atoms with E-state index < -0.39 is 0 Å². The second-order valence-corrected chi connectivity index (χ2v) is 7.40. The Morgan fingerprint density at radius 1 is 0.767 bits per heavy atom. The average molecular weight is 431 g/mol. The Kier molecular flexibility index (Phi) is 6.97. The Hall–Kier alpha value is -2.61. The lowest BCUT2D eigenvalue weighted by Gasteiger charge is -2.20. The van der Waals surface area contributed by atoms with Crippen molar-refractivity contribution in [1.29, 1.82) is 0 Å². The molecule has 0 aliphatic rings. The van der Waals surface area contributed by atoms with E-state index >= 15 is 0 Å². The third kappa shape index (κ3) is 3.76. The Morgan fingerprint density at radius 3 is 1.97 bits per heavy atom. The summed E-state index contributed by atoms with van der Waals surface area (Å²) in [5, 5.41) is 21.9. The maximum atomic E-state index is 10.2. The highest BCUT2D eigenvalue weighted by Crippen LogP contribution is 2.45. The van der Waals surface area contributed by atoms with Crippen LogP contribution in [0.25, 0.3) is 21.9 Å². The third-order valence-electron chi connectivity index (χ3n) is 5.13. The summed E-state index contributed by atoms with van der Waals surface area (Å²) in [6, 6.07) is 9.50. The Morgan fingerprint density at radius 2 is 1.43 bits per heavy atom. The van der Waals surface area contributed by atoms with E-state index in [0.29, 0.717) is 34.1 Å². The lowest BCUT2D eigenvalue weighted by Crippen LogP contribution is -2.01. The predicted octanol–water partition coefficient (Wildman–Crippen LogP) is 4.25. The fraction of sp³-hybridized carbons (Fsp3) is 0.304. The van der Waals surface area contributed by atoms with Gasteiger partial charge in [-0.2, -0.15) is 0 Å². The molecule has 0 heterocycles. The molecule has 0 unspecified atom stereocenters. The summed E-state index contributed by atoms with van der Waals surface area (Å²) in [7, 11) is 6.36. The van der Waals surface area contributed by atoms with E-state index in [-0.39, 0.29) is 13.2 Å². The SMILES string of the molecule is COc1cc2cc(CO)c(CO)c(-c3cc(OC)c(OC)c(SC)c3)c2cc1OC. The van der Waals surface area contributed by atoms with E-state index in [0.717, 1.165) is 26.8 Å². The van der Waals surface area contributed by atoms with Gasteiger partial charge in [-0.05, 0) is 69.6 Å². The maximum Gasteiger partial charge on any atom is 0.174 e. The van der Waals surface area contributed by atoms with Gasteiger partial charge in [0.05, 0.1) is 46.5 Å². The molecule has 0 aliphatic heterocycles. The lowest BCUT2D eigenvalue weighted by atomic mass is 9.89. The predicted molar refractivity (Wildman–Crippen MR) is 119 cm³/mol. The van der Waals surface area contributed by atoms with E-state index in [9.17, 15) is 10.2 Å². The molecule has 0 aliphatic carbocycles. The van der Waals surface area contributed by atoms with Gasteiger partial charge in [-0.3, -0.25) is 0 Å². The average Bonchev–Trinajstić information content (AvgIpc) is 2.80. The van der Waals surface area contributed by atoms with Gasteiger partial charge in [0.25, 0.3) is 0 Å². The molecule has 3 aromatic rings. The van der Waals surface area contributed by atoms with Crippen LogP contribution in [0.2, 0.25) is 0 Å². The van der Waals surface area contributed by atoms with Gasteiger partial charge in [0.2, 0.25) is 0 Å². The summed E-state index contributed by atoms with van der Waals surface area (Å²) < 4.78 is 22.1. The van der Waals surface area contributed by atoms with Crippen LogP contribution in [-0.2, 0) is 13.2 Å². The molecule has 0 aromatic heterocycles. The fourth-order valence-corrected chi connectivity index (χ4v) is 4.32. The number of benzene rings is 3. The number of rotatable bonds is 8. The standard InChI is InChI=1S/C23H26O6S/c1-26-18-7-13-6-15(11-24)17(12-25)22(16(13)10-19(18)27-2)14-8-20(28-3)23(29-4)21(9-14)30-5/h6-10,24-25H,11-12H2,1-5H3. The van der Waals surface area contributed by atoms with Crippen LogP contribution in [0, 0.1) is 0 Å². The van der Waals surface area contributed by atoms with Crippen molar-refractivity contribution in [3.8, 4) is 34.1 Å². The molecule has 0 saturated carbocycles. The minimum absolute atomic E-state index is 0.199. The summed E-state index contributed by atoms with van der Waals surface area (Å²) >= 11 is 1.54. The fourth-order valence-electron chi connectivity index (χ4n) is 3.71. The topological polar surface area (TPSA) is 77.4 Å². The van der Waals surface area contributed by atoms with E-state index in [1.165, 1.54) is 11.8 Å². The Bertz CT molecular complexity index is 1030. The van der Waals surface area contributed by atoms with Crippen molar-refractivity contribution in [2.24, 2.45) is 0 Å². The molecule has 7 heteroatoms. The van der Waals surface area contributed by atoms with E-state index in [1.807, 2.05) is 36.6 Å². The van der Waals surface area contributed by atoms with Gasteiger partial charge >= 0.3 is 0 Å². The van der Waals surface area contributed by atoms with Gasteiger partial charge in [-0.25, -0.2) is 0 Å². The van der Waals surface area contributed by atoms with Crippen LogP contribution in [0.5, 0.6) is 23.0 Å². The molecule has 160 valence electrons. The number of fused-ring (bicyclic) bond motifs is 1. The quantitative estimate of drug-likeness (QED) is 0.518. The number of aliphatic hydroxyl groups excluding tert-OH is 2. The molecule has 0 atom stereocenters. The van der Waals surface area contributed by atoms with Crippen molar-refractivity contribution in [3.05, 3.63) is 41.5 Å². The van der Waals surface area contributed by atoms with Crippen molar-refractivity contribution >= 4 is 22.5 Å². The first-order valence-electron chi connectivity index (χ1n) is 9.29. The van der Waals surface area contributed by atoms with Gasteiger partial charge in [0.1, 0.15) is 0 Å². The molecule has 0 bridgehead atoms. The van der Waals surface area contributed by atoms with Crippen LogP contribution in [-0.4, -0.2) is 44.9 Å². The largest absolute Gasteiger partial charge is 0.493 e. The monoisotopic (exact) mass is 430 g/mol. The first-order chi connectivity index (χ1) is 14.6. The van der Waals surface area contributed by atoms with Crippen LogP contribution >= 0.6 is 11.8 Å². The normalized spacial score (nSPS) is 10.9. The van der Waals surface area contributed by atoms with Crippen LogP contribution < -0.4 is 18.9 Å². The van der Waals surface area contributed by atoms with Gasteiger partial charge in [-0.1, -0.05) is 0 Å². The molecule has 0 fully saturated rings. The first kappa shape index (κ1) is 22.1. The molecular formula is C23H26O6S. The Labute approximate surface area is 180 Å². The van der Waals surface area contributed by atoms with Gasteiger partial charge in [0, 0.05) is 0 Å². The summed E-state index contributed by atoms with van der Waals surface area (Å²) in [6.07, 6.45) is 1.96. The molecule has 3 aromatic carbocycles. The van der Waals surface area contributed by atoms with Crippen molar-refractivity contribution in [2.45, 2.75) is 18.1 Å². The highest BCUT2D eigenvalue weighted by Gasteiger charge is 2.20. The lowest BCUT2D eigenvalue weighted by molar-refractivity contribution is 0.260. The molecule has 6 nitrogen and oxygen atoms in total. The number of methoxy groups -OCH3 is 4. The van der Waals surface area contributed by atoms with Crippen molar-refractivity contribution < 1.29 is 29.2 Å². The molecule has 2 N–H and O–H groups in total. The van der Waals surface area contributed by atoms with Crippen LogP contribution in [0.4, 0.5) is 0 Å². The van der Waals surface area contributed by atoms with Gasteiger partial charge in [0.15, 0.2) is 23.0 Å². The van der Waals surface area contributed by atoms with E-state index in [4.69, 9.17) is 18.9 Å². The minimum atomic E-state index is -0.224. The number of thioether (sulfide) groups is 1. The van der Waals surface area contributed by atoms with Crippen LogP contribution in [0.3, 0.4) is 0 Å². The molecule has 0 radical (unpaired) electrons. The summed E-state index contributed by atoms with van der Waals surface area (Å²) in [4.78, 5) is 0.902. The summed E-state index contributed by atoms with van der Waals surface area (Å²) in [5.74, 6) is 2.42. The molecule has 30 heavy (non-hydrogen) atoms. The zero-order valence-corrected chi connectivity index (χ0v) is 18.6. The van der Waals surface area contributed by atoms with Gasteiger partial charge < -0.3 is 29.2 Å². The zero-order valence-electron chi connectivity index (χ0n) is 17.7. The van der Waals surface area contributed by atoms with E-state index in [2.05, 4.69) is 0 Å². The molecular weight excluding hydrogens is 404 g/mol. The number of ether oxygens (including phenoxy) is 4. The van der Waals surface area contributed by atoms with Crippen LogP contribution in [0.1, 0.15) is 11.1 Å². The smallest absolute Gasteiger partial charge is 0.174 e. The summed E-state index contributed by atoms with van der Waals surface area (Å²) in [6.45, 7) is -0.422. The highest BCUT2D eigenvalue weighted by atomic mass is 32.2. The molecule has 3 rings (SSSR count). The minimum Gasteiger partial charge on any atom is -0.493 e. The first-order valence-corrected chi connectivity index (χ1v) is 10.5. The number of hydrogen-bond donors (Lipinski definition) is 2. The number of aliphatic hydroxyl groups is 2. The van der Waals surface area contributed by atoms with Crippen molar-refractivity contribution in [3.63, 3.8) is 0 Å². The maximum absolute atomic E-state index is 10.2. The second kappa shape index (κ2) is 9.47. The Balaban J connectivity index is 2.47. The molecule has 0 saturated heterocycles. The van der Waals surface area contributed by atoms with Crippen molar-refractivity contribution in [1.82, 2.24) is 0 Å². The summed E-state index contributed by atoms with van der Waals surface area (Å²) in [5.41, 5.74) is 2.94. The number of hydrogen-bond acceptors (Lipinski definition) is 7. The third-order valence-corrected chi connectivity index (χ3v) is 5.87. The molecule has 0 amide bonds. The second-order valence-electron chi connectivity index (χ2n) is 6.55. The van der Waals surface area contributed by atoms with Crippen LogP contribution in [0.15, 0.2) is 35.2 Å². The van der Waals surface area contributed by atoms with E-state index in [1.54, 1.807) is 28.4 Å². The zero-order chi connectivity index (χ0) is 21.8. The van der Waals surface area contributed by atoms with Gasteiger partial charge in [-0.15, -0.1) is 11.8 Å². The highest BCUT2D eigenvalue weighted by molar-refractivity contribution is 7.98. The molecule has 0 spiro atoms. The van der Waals surface area contributed by atoms with Crippen molar-refractivity contribution in [2.75, 3.05) is 34.7 Å².